The molecule has 5 aliphatic rings. The van der Waals surface area contributed by atoms with Gasteiger partial charge in [0, 0.05) is 25.5 Å². The number of carbonyl (C=O) groups is 1. The van der Waals surface area contributed by atoms with E-state index in [0.29, 0.717) is 24.9 Å². The molecule has 4 bridgehead atoms. The summed E-state index contributed by atoms with van der Waals surface area (Å²) in [5.41, 5.74) is 0.372. The number of hydrogen-bond acceptors (Lipinski definition) is 4. The van der Waals surface area contributed by atoms with Crippen LogP contribution in [0.4, 0.5) is 0 Å². The Morgan fingerprint density at radius 2 is 2.07 bits per heavy atom. The Hall–Kier alpha value is -1.46. The summed E-state index contributed by atoms with van der Waals surface area (Å²) in [6, 6.07) is 3.97. The zero-order chi connectivity index (χ0) is 20.1. The molecule has 0 spiro atoms. The molecule has 29 heavy (non-hydrogen) atoms. The third kappa shape index (κ3) is 3.50. The molecule has 4 atom stereocenters. The van der Waals surface area contributed by atoms with Crippen molar-refractivity contribution in [2.45, 2.75) is 83.0 Å². The average Bonchev–Trinajstić information content (AvgIpc) is 2.71. The van der Waals surface area contributed by atoms with Crippen molar-refractivity contribution >= 4 is 5.91 Å². The fraction of sp³-hybridized carbons (Fsp3) is 0.750. The summed E-state index contributed by atoms with van der Waals surface area (Å²) < 4.78 is 6.08. The van der Waals surface area contributed by atoms with Crippen LogP contribution in [0.3, 0.4) is 0 Å². The number of piperidine rings is 1. The molecule has 1 N–H and O–H groups in total. The molecule has 4 unspecified atom stereocenters. The maximum Gasteiger partial charge on any atom is 0.228 e. The van der Waals surface area contributed by atoms with Crippen LogP contribution in [-0.2, 0) is 16.1 Å². The highest BCUT2D eigenvalue weighted by Gasteiger charge is 2.65. The van der Waals surface area contributed by atoms with E-state index < -0.39 is 5.60 Å². The van der Waals surface area contributed by atoms with Gasteiger partial charge in [0.1, 0.15) is 0 Å². The maximum absolute atomic E-state index is 13.7. The van der Waals surface area contributed by atoms with Gasteiger partial charge in [-0.2, -0.15) is 0 Å². The second-order valence-electron chi connectivity index (χ2n) is 10.5. The molecule has 5 fully saturated rings. The van der Waals surface area contributed by atoms with Gasteiger partial charge in [-0.05, 0) is 74.3 Å². The quantitative estimate of drug-likeness (QED) is 0.821. The summed E-state index contributed by atoms with van der Waals surface area (Å²) in [7, 11) is 0. The van der Waals surface area contributed by atoms with Crippen molar-refractivity contribution < 1.29 is 14.6 Å². The van der Waals surface area contributed by atoms with E-state index in [1.54, 1.807) is 6.20 Å². The first-order chi connectivity index (χ1) is 13.9. The lowest BCUT2D eigenvalue weighted by atomic mass is 9.42. The second kappa shape index (κ2) is 7.05. The molecule has 1 aliphatic heterocycles. The number of rotatable bonds is 5. The highest BCUT2D eigenvalue weighted by molar-refractivity contribution is 5.83. The number of likely N-dealkylation sites (tertiary alicyclic amines) is 1. The molecule has 5 nitrogen and oxygen atoms in total. The number of hydrogen-bond donors (Lipinski definition) is 1. The van der Waals surface area contributed by atoms with Gasteiger partial charge in [0.2, 0.25) is 5.91 Å². The lowest BCUT2D eigenvalue weighted by Gasteiger charge is -2.65. The van der Waals surface area contributed by atoms with E-state index in [0.717, 1.165) is 63.6 Å². The van der Waals surface area contributed by atoms with Crippen molar-refractivity contribution in [3.05, 3.63) is 30.1 Å². The molecule has 0 radical (unpaired) electrons. The number of pyridine rings is 1. The van der Waals surface area contributed by atoms with Crippen LogP contribution in [0, 0.1) is 16.7 Å². The number of aliphatic hydroxyl groups is 1. The van der Waals surface area contributed by atoms with Gasteiger partial charge in [-0.25, -0.2) is 0 Å². The largest absolute Gasteiger partial charge is 0.390 e. The molecular weight excluding hydrogens is 364 g/mol. The van der Waals surface area contributed by atoms with Crippen LogP contribution < -0.4 is 0 Å². The van der Waals surface area contributed by atoms with Crippen molar-refractivity contribution in [3.8, 4) is 0 Å². The summed E-state index contributed by atoms with van der Waals surface area (Å²) in [5.74, 6) is 0.851. The molecule has 158 valence electrons. The van der Waals surface area contributed by atoms with Gasteiger partial charge in [-0.1, -0.05) is 19.4 Å². The standard InChI is InChI=1S/C24H34N2O3/c1-2-22-10-19-11-23(15-22,17-24(28,12-19)16-22)21(27)26-8-5-20(6-9-26)29-14-18-4-3-7-25-13-18/h3-4,7,13,19-20,28H,2,5-6,8-12,14-17H2,1H3. The van der Waals surface area contributed by atoms with E-state index in [-0.39, 0.29) is 16.9 Å². The minimum absolute atomic E-state index is 0.189. The van der Waals surface area contributed by atoms with Gasteiger partial charge in [0.05, 0.1) is 23.7 Å². The molecule has 1 aromatic rings. The van der Waals surface area contributed by atoms with Crippen LogP contribution in [0.1, 0.15) is 70.3 Å². The van der Waals surface area contributed by atoms with Crippen molar-refractivity contribution in [1.29, 1.82) is 0 Å². The van der Waals surface area contributed by atoms with Gasteiger partial charge in [-0.15, -0.1) is 0 Å². The molecule has 4 aliphatic carbocycles. The van der Waals surface area contributed by atoms with Crippen LogP contribution in [0.25, 0.3) is 0 Å². The SMILES string of the molecule is CCC12CC3CC(O)(C1)CC(C(=O)N1CCC(OCc4cccnc4)CC1)(C3)C2. The lowest BCUT2D eigenvalue weighted by molar-refractivity contribution is -0.210. The Labute approximate surface area is 173 Å². The van der Waals surface area contributed by atoms with E-state index >= 15 is 0 Å². The lowest BCUT2D eigenvalue weighted by Crippen LogP contribution is -2.64. The number of amides is 1. The third-order valence-electron chi connectivity index (χ3n) is 8.30. The predicted molar refractivity (Wildman–Crippen MR) is 110 cm³/mol. The molecule has 1 saturated heterocycles. The first kappa shape index (κ1) is 19.5. The zero-order valence-electron chi connectivity index (χ0n) is 17.6. The van der Waals surface area contributed by atoms with E-state index in [1.165, 1.54) is 6.42 Å². The average molecular weight is 399 g/mol. The molecule has 6 rings (SSSR count). The minimum atomic E-state index is -0.601. The van der Waals surface area contributed by atoms with Crippen molar-refractivity contribution in [2.24, 2.45) is 16.7 Å². The van der Waals surface area contributed by atoms with Gasteiger partial charge < -0.3 is 14.7 Å². The van der Waals surface area contributed by atoms with Crippen molar-refractivity contribution in [1.82, 2.24) is 9.88 Å². The molecule has 5 heteroatoms. The smallest absolute Gasteiger partial charge is 0.228 e. The first-order valence-corrected chi connectivity index (χ1v) is 11.5. The Morgan fingerprint density at radius 1 is 1.24 bits per heavy atom. The summed E-state index contributed by atoms with van der Waals surface area (Å²) in [6.07, 6.45) is 12.4. The summed E-state index contributed by atoms with van der Waals surface area (Å²) in [5, 5.41) is 11.2. The van der Waals surface area contributed by atoms with Gasteiger partial charge in [0.25, 0.3) is 0 Å². The first-order valence-electron chi connectivity index (χ1n) is 11.5. The Kier molecular flexibility index (Phi) is 4.74. The van der Waals surface area contributed by atoms with Crippen molar-refractivity contribution in [3.63, 3.8) is 0 Å². The van der Waals surface area contributed by atoms with Crippen LogP contribution in [0.2, 0.25) is 0 Å². The molecule has 1 amide bonds. The van der Waals surface area contributed by atoms with Crippen LogP contribution in [0.5, 0.6) is 0 Å². The monoisotopic (exact) mass is 398 g/mol. The van der Waals surface area contributed by atoms with Gasteiger partial charge in [0.15, 0.2) is 0 Å². The van der Waals surface area contributed by atoms with E-state index in [2.05, 4.69) is 16.8 Å². The zero-order valence-corrected chi connectivity index (χ0v) is 17.6. The third-order valence-corrected chi connectivity index (χ3v) is 8.30. The fourth-order valence-corrected chi connectivity index (χ4v) is 7.48. The molecule has 0 aromatic carbocycles. The Balaban J connectivity index is 1.22. The molecule has 1 aromatic heterocycles. The Bertz CT molecular complexity index is 763. The maximum atomic E-state index is 13.7. The number of nitrogens with zero attached hydrogens (tertiary/aromatic N) is 2. The van der Waals surface area contributed by atoms with Crippen LogP contribution in [-0.4, -0.2) is 45.7 Å². The number of carbonyl (C=O) groups excluding carboxylic acids is 1. The summed E-state index contributed by atoms with van der Waals surface area (Å²) >= 11 is 0. The normalized spacial score (nSPS) is 39.1. The van der Waals surface area contributed by atoms with Crippen LogP contribution >= 0.6 is 0 Å². The van der Waals surface area contributed by atoms with Gasteiger partial charge in [-0.3, -0.25) is 9.78 Å². The molecular formula is C24H34N2O3. The predicted octanol–water partition coefficient (Wildman–Crippen LogP) is 3.70. The van der Waals surface area contributed by atoms with E-state index in [9.17, 15) is 9.90 Å². The van der Waals surface area contributed by atoms with E-state index in [4.69, 9.17) is 4.74 Å². The highest BCUT2D eigenvalue weighted by Crippen LogP contribution is 2.68. The van der Waals surface area contributed by atoms with Crippen LogP contribution in [0.15, 0.2) is 24.5 Å². The highest BCUT2D eigenvalue weighted by atomic mass is 16.5. The topological polar surface area (TPSA) is 62.7 Å². The number of ether oxygens (including phenoxy) is 1. The summed E-state index contributed by atoms with van der Waals surface area (Å²) in [4.78, 5) is 19.9. The second-order valence-corrected chi connectivity index (χ2v) is 10.5. The Morgan fingerprint density at radius 3 is 2.76 bits per heavy atom. The minimum Gasteiger partial charge on any atom is -0.390 e. The van der Waals surface area contributed by atoms with E-state index in [1.807, 2.05) is 18.3 Å². The molecule has 2 heterocycles. The fourth-order valence-electron chi connectivity index (χ4n) is 7.48. The number of aromatic nitrogens is 1. The van der Waals surface area contributed by atoms with Gasteiger partial charge >= 0.3 is 0 Å². The molecule has 4 saturated carbocycles. The summed E-state index contributed by atoms with van der Waals surface area (Å²) in [6.45, 7) is 4.39. The van der Waals surface area contributed by atoms with Crippen molar-refractivity contribution in [2.75, 3.05) is 13.1 Å².